The monoisotopic (exact) mass is 186 g/mol. The number of ether oxygens (including phenoxy) is 2. The first-order chi connectivity index (χ1) is 5.88. The second-order valence-electron chi connectivity index (χ2n) is 2.26. The van der Waals surface area contributed by atoms with Crippen LogP contribution in [0.15, 0.2) is 17.5 Å². The van der Waals surface area contributed by atoms with Crippen LogP contribution in [-0.4, -0.2) is 13.2 Å². The van der Waals surface area contributed by atoms with Crippen molar-refractivity contribution in [3.05, 3.63) is 22.4 Å². The molecule has 0 aliphatic carbocycles. The summed E-state index contributed by atoms with van der Waals surface area (Å²) in [7, 11) is 0. The van der Waals surface area contributed by atoms with Crippen LogP contribution in [0.25, 0.3) is 0 Å². The van der Waals surface area contributed by atoms with Gasteiger partial charge >= 0.3 is 0 Å². The van der Waals surface area contributed by atoms with Crippen molar-refractivity contribution in [2.24, 2.45) is 0 Å². The highest BCUT2D eigenvalue weighted by Crippen LogP contribution is 2.23. The Morgan fingerprint density at radius 1 is 1.33 bits per heavy atom. The van der Waals surface area contributed by atoms with Crippen LogP contribution in [0.3, 0.4) is 0 Å². The van der Waals surface area contributed by atoms with Crippen LogP contribution >= 0.6 is 11.3 Å². The summed E-state index contributed by atoms with van der Waals surface area (Å²) in [6.07, 6.45) is -0.167. The third kappa shape index (κ3) is 2.59. The van der Waals surface area contributed by atoms with Gasteiger partial charge in [-0.15, -0.1) is 11.3 Å². The topological polar surface area (TPSA) is 18.5 Å². The molecule has 1 rings (SSSR count). The lowest BCUT2D eigenvalue weighted by molar-refractivity contribution is -0.138. The van der Waals surface area contributed by atoms with E-state index in [-0.39, 0.29) is 6.29 Å². The average Bonchev–Trinajstić information content (AvgIpc) is 2.56. The van der Waals surface area contributed by atoms with E-state index >= 15 is 0 Å². The fourth-order valence-electron chi connectivity index (χ4n) is 0.941. The zero-order valence-electron chi connectivity index (χ0n) is 7.45. The summed E-state index contributed by atoms with van der Waals surface area (Å²) in [5.74, 6) is 0. The van der Waals surface area contributed by atoms with Crippen molar-refractivity contribution in [1.82, 2.24) is 0 Å². The first-order valence-corrected chi connectivity index (χ1v) is 5.03. The maximum Gasteiger partial charge on any atom is 0.193 e. The second kappa shape index (κ2) is 5.30. The van der Waals surface area contributed by atoms with E-state index in [1.54, 1.807) is 11.3 Å². The van der Waals surface area contributed by atoms with E-state index in [0.717, 1.165) is 4.88 Å². The summed E-state index contributed by atoms with van der Waals surface area (Å²) in [6, 6.07) is 4.03. The van der Waals surface area contributed by atoms with Crippen molar-refractivity contribution >= 4 is 11.3 Å². The molecule has 1 heterocycles. The zero-order valence-corrected chi connectivity index (χ0v) is 8.26. The molecule has 0 aliphatic rings. The van der Waals surface area contributed by atoms with E-state index < -0.39 is 0 Å². The van der Waals surface area contributed by atoms with Crippen LogP contribution in [0.2, 0.25) is 0 Å². The van der Waals surface area contributed by atoms with Crippen LogP contribution < -0.4 is 0 Å². The van der Waals surface area contributed by atoms with Crippen molar-refractivity contribution in [2.75, 3.05) is 13.2 Å². The third-order valence-corrected chi connectivity index (χ3v) is 2.31. The summed E-state index contributed by atoms with van der Waals surface area (Å²) in [6.45, 7) is 5.31. The van der Waals surface area contributed by atoms with Gasteiger partial charge in [-0.2, -0.15) is 0 Å². The van der Waals surface area contributed by atoms with Crippen LogP contribution in [0.1, 0.15) is 25.0 Å². The molecule has 0 aromatic carbocycles. The second-order valence-corrected chi connectivity index (χ2v) is 3.24. The Labute approximate surface area is 77.1 Å². The lowest BCUT2D eigenvalue weighted by Crippen LogP contribution is -2.06. The van der Waals surface area contributed by atoms with Crippen molar-refractivity contribution < 1.29 is 9.47 Å². The lowest BCUT2D eigenvalue weighted by Gasteiger charge is -2.14. The Kier molecular flexibility index (Phi) is 4.29. The van der Waals surface area contributed by atoms with Crippen molar-refractivity contribution in [2.45, 2.75) is 20.1 Å². The minimum absolute atomic E-state index is 0.167. The van der Waals surface area contributed by atoms with Gasteiger partial charge in [-0.3, -0.25) is 0 Å². The smallest absolute Gasteiger partial charge is 0.193 e. The van der Waals surface area contributed by atoms with Crippen LogP contribution in [0.5, 0.6) is 0 Å². The molecule has 3 heteroatoms. The molecule has 12 heavy (non-hydrogen) atoms. The molecule has 0 amide bonds. The third-order valence-electron chi connectivity index (χ3n) is 1.41. The molecular formula is C9H14O2S. The summed E-state index contributed by atoms with van der Waals surface area (Å²) in [5, 5.41) is 2.03. The predicted octanol–water partition coefficient (Wildman–Crippen LogP) is 2.82. The Bertz CT molecular complexity index is 190. The van der Waals surface area contributed by atoms with Gasteiger partial charge in [-0.05, 0) is 25.3 Å². The minimum Gasteiger partial charge on any atom is -0.348 e. The van der Waals surface area contributed by atoms with Crippen LogP contribution in [0.4, 0.5) is 0 Å². The molecule has 0 spiro atoms. The van der Waals surface area contributed by atoms with Crippen molar-refractivity contribution in [3.8, 4) is 0 Å². The molecule has 0 fully saturated rings. The highest BCUT2D eigenvalue weighted by Gasteiger charge is 2.10. The molecule has 0 N–H and O–H groups in total. The van der Waals surface area contributed by atoms with Gasteiger partial charge in [0.05, 0.1) is 4.88 Å². The largest absolute Gasteiger partial charge is 0.348 e. The SMILES string of the molecule is CCOC(OCC)c1cccs1. The van der Waals surface area contributed by atoms with Crippen molar-refractivity contribution in [3.63, 3.8) is 0 Å². The highest BCUT2D eigenvalue weighted by atomic mass is 32.1. The van der Waals surface area contributed by atoms with E-state index in [2.05, 4.69) is 0 Å². The van der Waals surface area contributed by atoms with Crippen LogP contribution in [-0.2, 0) is 9.47 Å². The average molecular weight is 186 g/mol. The summed E-state index contributed by atoms with van der Waals surface area (Å²) in [5.41, 5.74) is 0. The van der Waals surface area contributed by atoms with Gasteiger partial charge in [0, 0.05) is 13.2 Å². The molecule has 0 radical (unpaired) electrons. The van der Waals surface area contributed by atoms with Gasteiger partial charge in [0.1, 0.15) is 0 Å². The number of rotatable bonds is 5. The lowest BCUT2D eigenvalue weighted by atomic mass is 10.4. The number of hydrogen-bond acceptors (Lipinski definition) is 3. The zero-order chi connectivity index (χ0) is 8.81. The normalized spacial score (nSPS) is 10.9. The fourth-order valence-corrected chi connectivity index (χ4v) is 1.66. The first-order valence-electron chi connectivity index (χ1n) is 4.15. The molecule has 0 bridgehead atoms. The standard InChI is InChI=1S/C9H14O2S/c1-3-10-9(11-4-2)8-6-5-7-12-8/h5-7,9H,3-4H2,1-2H3. The predicted molar refractivity (Wildman–Crippen MR) is 50.3 cm³/mol. The Balaban J connectivity index is 2.53. The molecule has 0 saturated carbocycles. The van der Waals surface area contributed by atoms with Gasteiger partial charge in [-0.25, -0.2) is 0 Å². The number of thiophene rings is 1. The quantitative estimate of drug-likeness (QED) is 0.658. The van der Waals surface area contributed by atoms with Gasteiger partial charge in [0.2, 0.25) is 0 Å². The first kappa shape index (κ1) is 9.71. The Hall–Kier alpha value is -0.380. The van der Waals surface area contributed by atoms with Gasteiger partial charge in [-0.1, -0.05) is 6.07 Å². The van der Waals surface area contributed by atoms with Gasteiger partial charge in [0.15, 0.2) is 6.29 Å². The maximum atomic E-state index is 5.41. The van der Waals surface area contributed by atoms with E-state index in [9.17, 15) is 0 Å². The van der Waals surface area contributed by atoms with E-state index in [1.807, 2.05) is 31.4 Å². The molecule has 2 nitrogen and oxygen atoms in total. The fraction of sp³-hybridized carbons (Fsp3) is 0.556. The summed E-state index contributed by atoms with van der Waals surface area (Å²) >= 11 is 1.66. The summed E-state index contributed by atoms with van der Waals surface area (Å²) in [4.78, 5) is 1.14. The van der Waals surface area contributed by atoms with E-state index in [0.29, 0.717) is 13.2 Å². The Morgan fingerprint density at radius 3 is 2.42 bits per heavy atom. The van der Waals surface area contributed by atoms with E-state index in [1.165, 1.54) is 0 Å². The van der Waals surface area contributed by atoms with Gasteiger partial charge < -0.3 is 9.47 Å². The molecule has 0 aliphatic heterocycles. The Morgan fingerprint density at radius 2 is 2.00 bits per heavy atom. The molecule has 1 aromatic rings. The molecule has 0 atom stereocenters. The molecule has 0 unspecified atom stereocenters. The highest BCUT2D eigenvalue weighted by molar-refractivity contribution is 7.10. The van der Waals surface area contributed by atoms with Crippen LogP contribution in [0, 0.1) is 0 Å². The van der Waals surface area contributed by atoms with Gasteiger partial charge in [0.25, 0.3) is 0 Å². The maximum absolute atomic E-state index is 5.41. The molecule has 0 saturated heterocycles. The molecule has 1 aromatic heterocycles. The van der Waals surface area contributed by atoms with Crippen molar-refractivity contribution in [1.29, 1.82) is 0 Å². The summed E-state index contributed by atoms with van der Waals surface area (Å²) < 4.78 is 10.8. The van der Waals surface area contributed by atoms with E-state index in [4.69, 9.17) is 9.47 Å². The molecular weight excluding hydrogens is 172 g/mol. The number of hydrogen-bond donors (Lipinski definition) is 0. The minimum atomic E-state index is -0.167. The molecule has 68 valence electrons.